The molecule has 1 saturated heterocycles. The summed E-state index contributed by atoms with van der Waals surface area (Å²) >= 11 is 6.21. The molecule has 0 aromatic heterocycles. The van der Waals surface area contributed by atoms with Crippen LogP contribution in [0.3, 0.4) is 0 Å². The molecule has 0 saturated carbocycles. The van der Waals surface area contributed by atoms with E-state index in [0.717, 1.165) is 11.1 Å². The SMILES string of the molecule is CC(C)c1cc(Cl)cc(C(C)C)c1NC(=O)NS(=O)(=O)C1CCN(CC(F)(F)F)CC1. The molecule has 1 aliphatic heterocycles. The molecule has 0 bridgehead atoms. The predicted octanol–water partition coefficient (Wildman–Crippen LogP) is 5.06. The number of anilines is 1. The van der Waals surface area contributed by atoms with Gasteiger partial charge in [0.15, 0.2) is 0 Å². The number of hydrogen-bond donors (Lipinski definition) is 2. The highest BCUT2D eigenvalue weighted by atomic mass is 35.5. The molecule has 1 aromatic carbocycles. The van der Waals surface area contributed by atoms with Crippen LogP contribution in [0.4, 0.5) is 23.7 Å². The summed E-state index contributed by atoms with van der Waals surface area (Å²) in [4.78, 5) is 13.7. The van der Waals surface area contributed by atoms with Crippen LogP contribution < -0.4 is 10.0 Å². The fraction of sp³-hybridized carbons (Fsp3) is 0.650. The van der Waals surface area contributed by atoms with Gasteiger partial charge in [0.2, 0.25) is 10.0 Å². The molecule has 6 nitrogen and oxygen atoms in total. The first-order valence-corrected chi connectivity index (χ1v) is 12.1. The smallest absolute Gasteiger partial charge is 0.307 e. The number of hydrogen-bond acceptors (Lipinski definition) is 4. The number of benzene rings is 1. The highest BCUT2D eigenvalue weighted by Gasteiger charge is 2.36. The molecule has 31 heavy (non-hydrogen) atoms. The zero-order chi connectivity index (χ0) is 23.6. The van der Waals surface area contributed by atoms with Gasteiger partial charge in [-0.15, -0.1) is 0 Å². The molecule has 11 heteroatoms. The first-order chi connectivity index (χ1) is 14.2. The van der Waals surface area contributed by atoms with Gasteiger partial charge in [-0.1, -0.05) is 39.3 Å². The van der Waals surface area contributed by atoms with E-state index in [1.807, 2.05) is 32.4 Å². The lowest BCUT2D eigenvalue weighted by molar-refractivity contribution is -0.147. The van der Waals surface area contributed by atoms with Crippen molar-refractivity contribution >= 4 is 33.3 Å². The van der Waals surface area contributed by atoms with Crippen LogP contribution in [0.2, 0.25) is 5.02 Å². The fourth-order valence-corrected chi connectivity index (χ4v) is 5.23. The molecule has 0 spiro atoms. The minimum absolute atomic E-state index is 0.00111. The number of nitrogens with one attached hydrogen (secondary N) is 2. The zero-order valence-corrected chi connectivity index (χ0v) is 19.6. The maximum atomic E-state index is 12.6. The first kappa shape index (κ1) is 25.7. The average Bonchev–Trinajstić information content (AvgIpc) is 2.61. The van der Waals surface area contributed by atoms with Crippen molar-refractivity contribution in [2.75, 3.05) is 25.0 Å². The summed E-state index contributed by atoms with van der Waals surface area (Å²) in [5, 5.41) is 2.25. The van der Waals surface area contributed by atoms with Crippen LogP contribution in [0.1, 0.15) is 63.5 Å². The Morgan fingerprint density at radius 2 is 1.61 bits per heavy atom. The molecule has 1 aliphatic rings. The van der Waals surface area contributed by atoms with Crippen LogP contribution in [-0.2, 0) is 10.0 Å². The van der Waals surface area contributed by atoms with Gasteiger partial charge in [0.1, 0.15) is 0 Å². The molecule has 2 rings (SSSR count). The maximum absolute atomic E-state index is 12.6. The Balaban J connectivity index is 2.11. The van der Waals surface area contributed by atoms with Crippen LogP contribution in [0.5, 0.6) is 0 Å². The van der Waals surface area contributed by atoms with Crippen molar-refractivity contribution in [1.82, 2.24) is 9.62 Å². The number of sulfonamides is 1. The minimum Gasteiger partial charge on any atom is -0.307 e. The van der Waals surface area contributed by atoms with Crippen LogP contribution in [0.25, 0.3) is 0 Å². The van der Waals surface area contributed by atoms with E-state index in [-0.39, 0.29) is 37.8 Å². The van der Waals surface area contributed by atoms with Gasteiger partial charge in [0.05, 0.1) is 11.8 Å². The molecular formula is C20H29ClF3N3O3S. The third-order valence-corrected chi connectivity index (χ3v) is 7.30. The van der Waals surface area contributed by atoms with E-state index in [9.17, 15) is 26.4 Å². The number of amides is 2. The van der Waals surface area contributed by atoms with Crippen molar-refractivity contribution < 1.29 is 26.4 Å². The lowest BCUT2D eigenvalue weighted by atomic mass is 9.92. The van der Waals surface area contributed by atoms with Gasteiger partial charge in [0, 0.05) is 10.7 Å². The number of carbonyl (C=O) groups is 1. The minimum atomic E-state index is -4.33. The number of urea groups is 1. The van der Waals surface area contributed by atoms with E-state index >= 15 is 0 Å². The number of carbonyl (C=O) groups excluding carboxylic acids is 1. The molecule has 1 heterocycles. The standard InChI is InChI=1S/C20H29ClF3N3O3S/c1-12(2)16-9-14(21)10-17(13(3)4)18(16)25-19(28)26-31(29,30)15-5-7-27(8-6-15)11-20(22,23)24/h9-10,12-13,15H,5-8,11H2,1-4H3,(H2,25,26,28). The molecule has 2 N–H and O–H groups in total. The van der Waals surface area contributed by atoms with Crippen LogP contribution in [0, 0.1) is 0 Å². The third-order valence-electron chi connectivity index (χ3n) is 5.26. The highest BCUT2D eigenvalue weighted by Crippen LogP contribution is 2.35. The number of piperidine rings is 1. The lowest BCUT2D eigenvalue weighted by Gasteiger charge is -2.32. The topological polar surface area (TPSA) is 78.5 Å². The zero-order valence-electron chi connectivity index (χ0n) is 18.0. The van der Waals surface area contributed by atoms with Crippen LogP contribution >= 0.6 is 11.6 Å². The van der Waals surface area contributed by atoms with Crippen molar-refractivity contribution in [3.8, 4) is 0 Å². The van der Waals surface area contributed by atoms with Crippen molar-refractivity contribution in [1.29, 1.82) is 0 Å². The van der Waals surface area contributed by atoms with Crippen molar-refractivity contribution in [2.45, 2.75) is 63.8 Å². The van der Waals surface area contributed by atoms with Crippen molar-refractivity contribution in [3.63, 3.8) is 0 Å². The second kappa shape index (κ2) is 9.95. The van der Waals surface area contributed by atoms with Gasteiger partial charge >= 0.3 is 12.2 Å². The number of nitrogens with zero attached hydrogens (tertiary/aromatic N) is 1. The number of halogens is 4. The Labute approximate surface area is 186 Å². The Hall–Kier alpha value is -1.52. The van der Waals surface area contributed by atoms with E-state index in [1.165, 1.54) is 4.90 Å². The molecule has 0 unspecified atom stereocenters. The second-order valence-corrected chi connectivity index (χ2v) is 10.9. The summed E-state index contributed by atoms with van der Waals surface area (Å²) in [7, 11) is -4.04. The van der Waals surface area contributed by atoms with Gasteiger partial charge in [-0.25, -0.2) is 17.9 Å². The van der Waals surface area contributed by atoms with Crippen LogP contribution in [0.15, 0.2) is 12.1 Å². The second-order valence-electron chi connectivity index (χ2n) is 8.46. The monoisotopic (exact) mass is 483 g/mol. The maximum Gasteiger partial charge on any atom is 0.401 e. The summed E-state index contributed by atoms with van der Waals surface area (Å²) in [5.74, 6) is 0.0575. The molecule has 1 fully saturated rings. The predicted molar refractivity (Wildman–Crippen MR) is 116 cm³/mol. The summed E-state index contributed by atoms with van der Waals surface area (Å²) in [5.41, 5.74) is 2.08. The molecule has 0 atom stereocenters. The molecule has 0 radical (unpaired) electrons. The van der Waals surface area contributed by atoms with Gasteiger partial charge in [-0.3, -0.25) is 4.90 Å². The van der Waals surface area contributed by atoms with Gasteiger partial charge < -0.3 is 5.32 Å². The number of alkyl halides is 3. The van der Waals surface area contributed by atoms with E-state index in [4.69, 9.17) is 11.6 Å². The average molecular weight is 484 g/mol. The first-order valence-electron chi connectivity index (χ1n) is 10.1. The third kappa shape index (κ3) is 7.25. The summed E-state index contributed by atoms with van der Waals surface area (Å²) in [6.07, 6.45) is -4.28. The Kier molecular flexibility index (Phi) is 8.27. The normalized spacial score (nSPS) is 16.7. The van der Waals surface area contributed by atoms with Crippen molar-refractivity contribution in [3.05, 3.63) is 28.3 Å². The summed E-state index contributed by atoms with van der Waals surface area (Å²) in [6.45, 7) is 6.67. The molecule has 0 aliphatic carbocycles. The van der Waals surface area contributed by atoms with Gasteiger partial charge in [-0.2, -0.15) is 13.2 Å². The highest BCUT2D eigenvalue weighted by molar-refractivity contribution is 7.90. The van der Waals surface area contributed by atoms with E-state index in [0.29, 0.717) is 10.7 Å². The number of rotatable bonds is 6. The fourth-order valence-electron chi connectivity index (χ4n) is 3.69. The summed E-state index contributed by atoms with van der Waals surface area (Å²) < 4.78 is 64.9. The largest absolute Gasteiger partial charge is 0.401 e. The van der Waals surface area contributed by atoms with E-state index in [2.05, 4.69) is 5.32 Å². The molecule has 176 valence electrons. The Morgan fingerprint density at radius 3 is 2.03 bits per heavy atom. The van der Waals surface area contributed by atoms with Crippen molar-refractivity contribution in [2.24, 2.45) is 0 Å². The van der Waals surface area contributed by atoms with E-state index in [1.54, 1.807) is 12.1 Å². The Bertz CT molecular complexity index is 868. The van der Waals surface area contributed by atoms with Gasteiger partial charge in [-0.05, 0) is 61.0 Å². The van der Waals surface area contributed by atoms with E-state index < -0.39 is 34.0 Å². The van der Waals surface area contributed by atoms with Crippen LogP contribution in [-0.4, -0.2) is 50.4 Å². The number of likely N-dealkylation sites (tertiary alicyclic amines) is 1. The van der Waals surface area contributed by atoms with Gasteiger partial charge in [0.25, 0.3) is 0 Å². The lowest BCUT2D eigenvalue weighted by Crippen LogP contribution is -2.47. The molecule has 2 amide bonds. The molecule has 1 aromatic rings. The summed E-state index contributed by atoms with van der Waals surface area (Å²) in [6, 6.07) is 2.57. The molecular weight excluding hydrogens is 455 g/mol. The quantitative estimate of drug-likeness (QED) is 0.592. The Morgan fingerprint density at radius 1 is 1.13 bits per heavy atom.